The van der Waals surface area contributed by atoms with Crippen LogP contribution in [0.25, 0.3) is 0 Å². The molecule has 2 rings (SSSR count). The zero-order valence-electron chi connectivity index (χ0n) is 8.41. The van der Waals surface area contributed by atoms with E-state index >= 15 is 0 Å². The van der Waals surface area contributed by atoms with Gasteiger partial charge in [-0.25, -0.2) is 0 Å². The summed E-state index contributed by atoms with van der Waals surface area (Å²) in [6.07, 6.45) is 7.32. The molecule has 0 radical (unpaired) electrons. The molecule has 0 aromatic heterocycles. The first-order chi connectivity index (χ1) is 6.38. The standard InChI is InChI=1S/C11H21NS/c13-9-11-5-6-12(8-11)7-10-3-1-2-4-10/h10-11,13H,1-9H2. The third-order valence-electron chi connectivity index (χ3n) is 3.62. The first kappa shape index (κ1) is 9.85. The van der Waals surface area contributed by atoms with Crippen LogP contribution >= 0.6 is 12.6 Å². The van der Waals surface area contributed by atoms with Gasteiger partial charge in [-0.15, -0.1) is 0 Å². The number of nitrogens with zero attached hydrogens (tertiary/aromatic N) is 1. The number of rotatable bonds is 3. The topological polar surface area (TPSA) is 3.24 Å². The van der Waals surface area contributed by atoms with Crippen molar-refractivity contribution in [3.05, 3.63) is 0 Å². The average Bonchev–Trinajstić information content (AvgIpc) is 2.76. The first-order valence-electron chi connectivity index (χ1n) is 5.71. The molecule has 1 nitrogen and oxygen atoms in total. The molecule has 1 saturated carbocycles. The van der Waals surface area contributed by atoms with Crippen LogP contribution in [0.2, 0.25) is 0 Å². The maximum absolute atomic E-state index is 4.38. The molecule has 1 atom stereocenters. The highest BCUT2D eigenvalue weighted by Gasteiger charge is 2.24. The van der Waals surface area contributed by atoms with E-state index in [2.05, 4.69) is 17.5 Å². The van der Waals surface area contributed by atoms with Crippen molar-refractivity contribution in [2.75, 3.05) is 25.4 Å². The molecule has 2 fully saturated rings. The Morgan fingerprint density at radius 2 is 1.85 bits per heavy atom. The zero-order valence-corrected chi connectivity index (χ0v) is 9.31. The monoisotopic (exact) mass is 199 g/mol. The fraction of sp³-hybridized carbons (Fsp3) is 1.00. The van der Waals surface area contributed by atoms with Gasteiger partial charge in [-0.1, -0.05) is 12.8 Å². The van der Waals surface area contributed by atoms with Gasteiger partial charge in [0.15, 0.2) is 0 Å². The summed E-state index contributed by atoms with van der Waals surface area (Å²) >= 11 is 4.38. The van der Waals surface area contributed by atoms with E-state index in [1.165, 1.54) is 51.7 Å². The van der Waals surface area contributed by atoms with Crippen molar-refractivity contribution in [1.82, 2.24) is 4.90 Å². The molecule has 76 valence electrons. The minimum atomic E-state index is 0.879. The Morgan fingerprint density at radius 1 is 1.08 bits per heavy atom. The predicted molar refractivity (Wildman–Crippen MR) is 60.4 cm³/mol. The lowest BCUT2D eigenvalue weighted by Gasteiger charge is -2.19. The summed E-state index contributed by atoms with van der Waals surface area (Å²) < 4.78 is 0. The van der Waals surface area contributed by atoms with Gasteiger partial charge in [-0.05, 0) is 43.4 Å². The summed E-state index contributed by atoms with van der Waals surface area (Å²) in [5.41, 5.74) is 0. The van der Waals surface area contributed by atoms with Crippen molar-refractivity contribution in [2.45, 2.75) is 32.1 Å². The average molecular weight is 199 g/mol. The molecule has 13 heavy (non-hydrogen) atoms. The van der Waals surface area contributed by atoms with Gasteiger partial charge in [0, 0.05) is 13.1 Å². The lowest BCUT2D eigenvalue weighted by Crippen LogP contribution is -2.26. The van der Waals surface area contributed by atoms with Crippen molar-refractivity contribution in [3.63, 3.8) is 0 Å². The third-order valence-corrected chi connectivity index (χ3v) is 4.14. The number of thiol groups is 1. The van der Waals surface area contributed by atoms with E-state index in [9.17, 15) is 0 Å². The molecular formula is C11H21NS. The summed E-state index contributed by atoms with van der Waals surface area (Å²) in [5.74, 6) is 2.99. The van der Waals surface area contributed by atoms with Crippen molar-refractivity contribution < 1.29 is 0 Å². The molecule has 1 unspecified atom stereocenters. The number of hydrogen-bond donors (Lipinski definition) is 1. The van der Waals surface area contributed by atoms with Crippen molar-refractivity contribution in [1.29, 1.82) is 0 Å². The Kier molecular flexibility index (Phi) is 3.56. The van der Waals surface area contributed by atoms with Crippen molar-refractivity contribution in [3.8, 4) is 0 Å². The summed E-state index contributed by atoms with van der Waals surface area (Å²) in [5, 5.41) is 0. The van der Waals surface area contributed by atoms with Gasteiger partial charge in [0.25, 0.3) is 0 Å². The molecule has 0 aromatic rings. The fourth-order valence-electron chi connectivity index (χ4n) is 2.79. The Morgan fingerprint density at radius 3 is 2.46 bits per heavy atom. The van der Waals surface area contributed by atoms with Crippen LogP contribution in [0.4, 0.5) is 0 Å². The second kappa shape index (κ2) is 4.70. The Bertz CT molecular complexity index is 154. The van der Waals surface area contributed by atoms with Crippen LogP contribution in [0, 0.1) is 11.8 Å². The van der Waals surface area contributed by atoms with Crippen LogP contribution in [-0.4, -0.2) is 30.3 Å². The SMILES string of the molecule is SCC1CCN(CC2CCCC2)C1. The quantitative estimate of drug-likeness (QED) is 0.683. The Labute approximate surface area is 87.3 Å². The van der Waals surface area contributed by atoms with E-state index in [4.69, 9.17) is 0 Å². The van der Waals surface area contributed by atoms with Gasteiger partial charge >= 0.3 is 0 Å². The van der Waals surface area contributed by atoms with E-state index < -0.39 is 0 Å². The summed E-state index contributed by atoms with van der Waals surface area (Å²) in [4.78, 5) is 2.66. The Hall–Kier alpha value is 0.310. The largest absolute Gasteiger partial charge is 0.303 e. The van der Waals surface area contributed by atoms with Gasteiger partial charge < -0.3 is 4.90 Å². The molecule has 2 aliphatic rings. The number of hydrogen-bond acceptors (Lipinski definition) is 2. The molecule has 1 aliphatic heterocycles. The minimum Gasteiger partial charge on any atom is -0.303 e. The minimum absolute atomic E-state index is 0.879. The second-order valence-corrected chi connectivity index (χ2v) is 5.11. The van der Waals surface area contributed by atoms with Gasteiger partial charge in [0.05, 0.1) is 0 Å². The van der Waals surface area contributed by atoms with Crippen LogP contribution in [0.3, 0.4) is 0 Å². The first-order valence-corrected chi connectivity index (χ1v) is 6.35. The molecule has 0 spiro atoms. The molecule has 0 amide bonds. The van der Waals surface area contributed by atoms with E-state index in [1.807, 2.05) is 0 Å². The smallest absolute Gasteiger partial charge is 0.00180 e. The maximum atomic E-state index is 4.38. The van der Waals surface area contributed by atoms with Crippen LogP contribution in [0.1, 0.15) is 32.1 Å². The van der Waals surface area contributed by atoms with Gasteiger partial charge in [0.1, 0.15) is 0 Å². The Balaban J connectivity index is 1.70. The third kappa shape index (κ3) is 2.63. The summed E-state index contributed by atoms with van der Waals surface area (Å²) in [6.45, 7) is 4.03. The van der Waals surface area contributed by atoms with Crippen LogP contribution in [0.15, 0.2) is 0 Å². The normalized spacial score (nSPS) is 31.6. The molecular weight excluding hydrogens is 178 g/mol. The van der Waals surface area contributed by atoms with E-state index in [0.717, 1.165) is 17.6 Å². The fourth-order valence-corrected chi connectivity index (χ4v) is 3.08. The molecule has 1 saturated heterocycles. The lowest BCUT2D eigenvalue weighted by molar-refractivity contribution is 0.273. The van der Waals surface area contributed by atoms with Gasteiger partial charge in [-0.2, -0.15) is 12.6 Å². The molecule has 0 bridgehead atoms. The summed E-state index contributed by atoms with van der Waals surface area (Å²) in [6, 6.07) is 0. The second-order valence-electron chi connectivity index (χ2n) is 4.75. The molecule has 0 aromatic carbocycles. The van der Waals surface area contributed by atoms with Crippen molar-refractivity contribution in [2.24, 2.45) is 11.8 Å². The lowest BCUT2D eigenvalue weighted by atomic mass is 10.1. The van der Waals surface area contributed by atoms with Crippen LogP contribution in [-0.2, 0) is 0 Å². The van der Waals surface area contributed by atoms with Gasteiger partial charge in [-0.3, -0.25) is 0 Å². The highest BCUT2D eigenvalue weighted by molar-refractivity contribution is 7.80. The summed E-state index contributed by atoms with van der Waals surface area (Å²) in [7, 11) is 0. The number of likely N-dealkylation sites (tertiary alicyclic amines) is 1. The molecule has 2 heteroatoms. The van der Waals surface area contributed by atoms with E-state index in [0.29, 0.717) is 0 Å². The zero-order chi connectivity index (χ0) is 9.10. The maximum Gasteiger partial charge on any atom is 0.00180 e. The molecule has 0 N–H and O–H groups in total. The van der Waals surface area contributed by atoms with Crippen molar-refractivity contribution >= 4 is 12.6 Å². The molecule has 1 heterocycles. The predicted octanol–water partition coefficient (Wildman–Crippen LogP) is 2.43. The van der Waals surface area contributed by atoms with Crippen LogP contribution < -0.4 is 0 Å². The van der Waals surface area contributed by atoms with E-state index in [1.54, 1.807) is 0 Å². The van der Waals surface area contributed by atoms with Gasteiger partial charge in [0.2, 0.25) is 0 Å². The van der Waals surface area contributed by atoms with E-state index in [-0.39, 0.29) is 0 Å². The molecule has 1 aliphatic carbocycles. The highest BCUT2D eigenvalue weighted by Crippen LogP contribution is 2.27. The van der Waals surface area contributed by atoms with Crippen LogP contribution in [0.5, 0.6) is 0 Å². The highest BCUT2D eigenvalue weighted by atomic mass is 32.1.